The number of ether oxygens (including phenoxy) is 1. The van der Waals surface area contributed by atoms with Crippen molar-refractivity contribution in [1.29, 1.82) is 0 Å². The Bertz CT molecular complexity index is 641. The number of hydrogen-bond donors (Lipinski definition) is 0. The fourth-order valence-corrected chi connectivity index (χ4v) is 2.21. The molecule has 0 N–H and O–H groups in total. The maximum atomic E-state index is 12.1. The zero-order chi connectivity index (χ0) is 16.3. The van der Waals surface area contributed by atoms with Crippen LogP contribution < -0.4 is 0 Å². The smallest absolute Gasteiger partial charge is 0.337 e. The van der Waals surface area contributed by atoms with E-state index >= 15 is 0 Å². The topological polar surface area (TPSA) is 84.0 Å². The summed E-state index contributed by atoms with van der Waals surface area (Å²) in [5.74, 6) is -2.16. The Hall–Kier alpha value is -2.70. The van der Waals surface area contributed by atoms with Gasteiger partial charge in [-0.05, 0) is 24.1 Å². The number of benzene rings is 1. The second kappa shape index (κ2) is 6.38. The van der Waals surface area contributed by atoms with Crippen LogP contribution in [0.1, 0.15) is 29.3 Å². The minimum absolute atomic E-state index is 0.0611. The summed E-state index contributed by atoms with van der Waals surface area (Å²) < 4.78 is 4.62. The Morgan fingerprint density at radius 2 is 1.82 bits per heavy atom. The van der Waals surface area contributed by atoms with E-state index in [1.165, 1.54) is 13.2 Å². The van der Waals surface area contributed by atoms with Crippen LogP contribution in [0.2, 0.25) is 0 Å². The molecule has 7 nitrogen and oxygen atoms in total. The third-order valence-corrected chi connectivity index (χ3v) is 3.27. The lowest BCUT2D eigenvalue weighted by molar-refractivity contribution is -0.143. The predicted octanol–water partition coefficient (Wildman–Crippen LogP) is 1.17. The van der Waals surface area contributed by atoms with Crippen molar-refractivity contribution in [2.75, 3.05) is 13.7 Å². The Kier molecular flexibility index (Phi) is 4.55. The molecule has 1 fully saturated rings. The number of carbonyl (C=O) groups excluding carboxylic acids is 4. The molecule has 0 spiro atoms. The highest BCUT2D eigenvalue weighted by atomic mass is 16.5. The van der Waals surface area contributed by atoms with Crippen molar-refractivity contribution in [1.82, 2.24) is 9.80 Å². The Morgan fingerprint density at radius 1 is 1.14 bits per heavy atom. The average molecular weight is 304 g/mol. The van der Waals surface area contributed by atoms with Crippen LogP contribution in [0.4, 0.5) is 4.79 Å². The third-order valence-electron chi connectivity index (χ3n) is 3.27. The maximum absolute atomic E-state index is 12.1. The van der Waals surface area contributed by atoms with E-state index in [9.17, 15) is 19.2 Å². The summed E-state index contributed by atoms with van der Waals surface area (Å²) in [7, 11) is 1.27. The SMILES string of the molecule is CCCN1C(=O)C(=O)N(Cc2cccc(C(=O)OC)c2)C1=O. The second-order valence-electron chi connectivity index (χ2n) is 4.82. The van der Waals surface area contributed by atoms with Crippen molar-refractivity contribution in [3.05, 3.63) is 35.4 Å². The van der Waals surface area contributed by atoms with E-state index in [4.69, 9.17) is 0 Å². The number of amides is 4. The maximum Gasteiger partial charge on any atom is 0.337 e. The molecule has 0 unspecified atom stereocenters. The molecule has 0 atom stereocenters. The van der Waals surface area contributed by atoms with E-state index in [-0.39, 0.29) is 13.1 Å². The van der Waals surface area contributed by atoms with Gasteiger partial charge in [0.1, 0.15) is 0 Å². The average Bonchev–Trinajstić information content (AvgIpc) is 2.72. The molecule has 116 valence electrons. The van der Waals surface area contributed by atoms with Crippen LogP contribution in [0.3, 0.4) is 0 Å². The Morgan fingerprint density at radius 3 is 2.45 bits per heavy atom. The van der Waals surface area contributed by atoms with E-state index < -0.39 is 23.8 Å². The minimum atomic E-state index is -0.845. The van der Waals surface area contributed by atoms with Crippen molar-refractivity contribution in [2.45, 2.75) is 19.9 Å². The van der Waals surface area contributed by atoms with Crippen LogP contribution in [0.5, 0.6) is 0 Å². The first-order valence-electron chi connectivity index (χ1n) is 6.84. The zero-order valence-corrected chi connectivity index (χ0v) is 12.4. The number of imide groups is 2. The van der Waals surface area contributed by atoms with Gasteiger partial charge in [-0.15, -0.1) is 0 Å². The van der Waals surface area contributed by atoms with Crippen molar-refractivity contribution in [3.63, 3.8) is 0 Å². The molecule has 1 aromatic rings. The molecule has 0 aromatic heterocycles. The lowest BCUT2D eigenvalue weighted by Gasteiger charge is -2.15. The van der Waals surface area contributed by atoms with Crippen LogP contribution in [0.15, 0.2) is 24.3 Å². The normalized spacial score (nSPS) is 14.7. The first-order chi connectivity index (χ1) is 10.5. The molecule has 1 aliphatic rings. The lowest BCUT2D eigenvalue weighted by Crippen LogP contribution is -2.33. The molecule has 1 saturated heterocycles. The summed E-state index contributed by atoms with van der Waals surface area (Å²) in [4.78, 5) is 49.1. The monoisotopic (exact) mass is 304 g/mol. The summed E-state index contributed by atoms with van der Waals surface area (Å²) in [5, 5.41) is 0. The fraction of sp³-hybridized carbons (Fsp3) is 0.333. The Labute approximate surface area is 127 Å². The highest BCUT2D eigenvalue weighted by Crippen LogP contribution is 2.17. The first-order valence-corrected chi connectivity index (χ1v) is 6.84. The van der Waals surface area contributed by atoms with Gasteiger partial charge in [-0.1, -0.05) is 19.1 Å². The summed E-state index contributed by atoms with van der Waals surface area (Å²) in [5.41, 5.74) is 0.881. The summed E-state index contributed by atoms with van der Waals surface area (Å²) >= 11 is 0. The van der Waals surface area contributed by atoms with Gasteiger partial charge in [-0.25, -0.2) is 9.59 Å². The highest BCUT2D eigenvalue weighted by molar-refractivity contribution is 6.44. The molecule has 0 aliphatic carbocycles. The standard InChI is InChI=1S/C15H16N2O5/c1-3-7-16-12(18)13(19)17(15(16)21)9-10-5-4-6-11(8-10)14(20)22-2/h4-6,8H,3,7,9H2,1-2H3. The molecule has 7 heteroatoms. The van der Waals surface area contributed by atoms with E-state index in [0.29, 0.717) is 17.5 Å². The molecule has 0 radical (unpaired) electrons. The van der Waals surface area contributed by atoms with Crippen LogP contribution in [-0.4, -0.2) is 47.3 Å². The van der Waals surface area contributed by atoms with Crippen molar-refractivity contribution >= 4 is 23.8 Å². The van der Waals surface area contributed by atoms with Gasteiger partial charge in [-0.3, -0.25) is 19.4 Å². The second-order valence-corrected chi connectivity index (χ2v) is 4.82. The number of rotatable bonds is 5. The quantitative estimate of drug-likeness (QED) is 0.463. The number of nitrogens with zero attached hydrogens (tertiary/aromatic N) is 2. The van der Waals surface area contributed by atoms with Gasteiger partial charge in [0, 0.05) is 6.54 Å². The Balaban J connectivity index is 2.20. The molecule has 22 heavy (non-hydrogen) atoms. The van der Waals surface area contributed by atoms with E-state index in [2.05, 4.69) is 4.74 Å². The summed E-state index contributed by atoms with van der Waals surface area (Å²) in [6, 6.07) is 5.76. The molecule has 1 aliphatic heterocycles. The van der Waals surface area contributed by atoms with Gasteiger partial charge >= 0.3 is 23.8 Å². The van der Waals surface area contributed by atoms with Gasteiger partial charge < -0.3 is 4.74 Å². The van der Waals surface area contributed by atoms with Gasteiger partial charge in [0.05, 0.1) is 19.2 Å². The molecular formula is C15H16N2O5. The summed E-state index contributed by atoms with van der Waals surface area (Å²) in [6.07, 6.45) is 0.580. The minimum Gasteiger partial charge on any atom is -0.465 e. The van der Waals surface area contributed by atoms with Crippen molar-refractivity contribution in [2.24, 2.45) is 0 Å². The predicted molar refractivity (Wildman–Crippen MR) is 75.7 cm³/mol. The lowest BCUT2D eigenvalue weighted by atomic mass is 10.1. The molecule has 1 heterocycles. The van der Waals surface area contributed by atoms with Crippen molar-refractivity contribution in [3.8, 4) is 0 Å². The van der Waals surface area contributed by atoms with Gasteiger partial charge in [0.2, 0.25) is 0 Å². The highest BCUT2D eigenvalue weighted by Gasteiger charge is 2.43. The van der Waals surface area contributed by atoms with Crippen LogP contribution in [0, 0.1) is 0 Å². The zero-order valence-electron chi connectivity index (χ0n) is 12.4. The third kappa shape index (κ3) is 2.83. The van der Waals surface area contributed by atoms with Crippen LogP contribution in [-0.2, 0) is 20.9 Å². The van der Waals surface area contributed by atoms with E-state index in [1.807, 2.05) is 6.92 Å². The number of hydrogen-bond acceptors (Lipinski definition) is 5. The molecule has 1 aromatic carbocycles. The number of urea groups is 1. The van der Waals surface area contributed by atoms with Crippen LogP contribution >= 0.6 is 0 Å². The molecule has 0 saturated carbocycles. The van der Waals surface area contributed by atoms with Crippen molar-refractivity contribution < 1.29 is 23.9 Å². The van der Waals surface area contributed by atoms with Gasteiger partial charge in [0.15, 0.2) is 0 Å². The van der Waals surface area contributed by atoms with Crippen LogP contribution in [0.25, 0.3) is 0 Å². The molecule has 0 bridgehead atoms. The molecular weight excluding hydrogens is 288 g/mol. The van der Waals surface area contributed by atoms with Gasteiger partial charge in [0.25, 0.3) is 0 Å². The van der Waals surface area contributed by atoms with E-state index in [0.717, 1.165) is 9.80 Å². The summed E-state index contributed by atoms with van der Waals surface area (Å²) in [6.45, 7) is 1.96. The first kappa shape index (κ1) is 15.7. The number of esters is 1. The fourth-order valence-electron chi connectivity index (χ4n) is 2.21. The number of carbonyl (C=O) groups is 4. The molecule has 4 amide bonds. The molecule has 2 rings (SSSR count). The number of methoxy groups -OCH3 is 1. The van der Waals surface area contributed by atoms with Gasteiger partial charge in [-0.2, -0.15) is 0 Å². The van der Waals surface area contributed by atoms with E-state index in [1.54, 1.807) is 18.2 Å². The largest absolute Gasteiger partial charge is 0.465 e.